The van der Waals surface area contributed by atoms with Crippen molar-refractivity contribution in [3.8, 4) is 11.5 Å². The van der Waals surface area contributed by atoms with Crippen molar-refractivity contribution < 1.29 is 14.3 Å². The molecule has 0 aliphatic heterocycles. The predicted molar refractivity (Wildman–Crippen MR) is 88.5 cm³/mol. The van der Waals surface area contributed by atoms with Crippen LogP contribution < -0.4 is 14.8 Å². The highest BCUT2D eigenvalue weighted by atomic mass is 32.1. The molecule has 1 aliphatic carbocycles. The summed E-state index contributed by atoms with van der Waals surface area (Å²) < 4.78 is 11.3. The Morgan fingerprint density at radius 1 is 1.26 bits per heavy atom. The molecule has 7 heteroatoms. The van der Waals surface area contributed by atoms with Gasteiger partial charge in [-0.2, -0.15) is 0 Å². The maximum atomic E-state index is 12.3. The SMILES string of the molecule is COc1cc(C(=O)Nc2nnc(C)s2)ccc1OC1CCCC1. The fraction of sp³-hybridized carbons (Fsp3) is 0.438. The first kappa shape index (κ1) is 15.7. The Kier molecular flexibility index (Phi) is 4.76. The van der Waals surface area contributed by atoms with Crippen LogP contribution in [-0.4, -0.2) is 29.3 Å². The van der Waals surface area contributed by atoms with Crippen LogP contribution in [0.4, 0.5) is 5.13 Å². The topological polar surface area (TPSA) is 73.3 Å². The highest BCUT2D eigenvalue weighted by molar-refractivity contribution is 7.15. The number of rotatable bonds is 5. The minimum Gasteiger partial charge on any atom is -0.493 e. The molecule has 122 valence electrons. The number of amides is 1. The molecule has 3 rings (SSSR count). The molecule has 1 saturated carbocycles. The standard InChI is InChI=1S/C16H19N3O3S/c1-10-18-19-16(23-10)17-15(20)11-7-8-13(14(9-11)21-2)22-12-5-3-4-6-12/h7-9,12H,3-6H2,1-2H3,(H,17,19,20). The zero-order chi connectivity index (χ0) is 16.2. The van der Waals surface area contributed by atoms with E-state index in [1.165, 1.54) is 24.2 Å². The van der Waals surface area contributed by atoms with E-state index in [4.69, 9.17) is 9.47 Å². The van der Waals surface area contributed by atoms with E-state index >= 15 is 0 Å². The van der Waals surface area contributed by atoms with Crippen molar-refractivity contribution in [1.82, 2.24) is 10.2 Å². The zero-order valence-electron chi connectivity index (χ0n) is 13.2. The van der Waals surface area contributed by atoms with Crippen LogP contribution in [-0.2, 0) is 0 Å². The second-order valence-electron chi connectivity index (χ2n) is 5.47. The summed E-state index contributed by atoms with van der Waals surface area (Å²) in [5.41, 5.74) is 0.494. The van der Waals surface area contributed by atoms with E-state index in [1.807, 2.05) is 6.92 Å². The third-order valence-electron chi connectivity index (χ3n) is 3.77. The second kappa shape index (κ2) is 6.95. The minimum atomic E-state index is -0.244. The van der Waals surface area contributed by atoms with Crippen molar-refractivity contribution in [3.05, 3.63) is 28.8 Å². The maximum Gasteiger partial charge on any atom is 0.257 e. The van der Waals surface area contributed by atoms with Crippen molar-refractivity contribution in [1.29, 1.82) is 0 Å². The number of aromatic nitrogens is 2. The van der Waals surface area contributed by atoms with E-state index in [1.54, 1.807) is 25.3 Å². The third kappa shape index (κ3) is 3.79. The number of ether oxygens (including phenoxy) is 2. The normalized spacial score (nSPS) is 14.7. The van der Waals surface area contributed by atoms with Crippen molar-refractivity contribution in [2.24, 2.45) is 0 Å². The lowest BCUT2D eigenvalue weighted by Crippen LogP contribution is -2.14. The van der Waals surface area contributed by atoms with E-state index in [9.17, 15) is 4.79 Å². The van der Waals surface area contributed by atoms with Gasteiger partial charge >= 0.3 is 0 Å². The lowest BCUT2D eigenvalue weighted by atomic mass is 10.2. The smallest absolute Gasteiger partial charge is 0.257 e. The third-order valence-corrected chi connectivity index (χ3v) is 4.52. The monoisotopic (exact) mass is 333 g/mol. The molecular formula is C16H19N3O3S. The highest BCUT2D eigenvalue weighted by Gasteiger charge is 2.19. The molecule has 0 spiro atoms. The molecule has 1 aromatic heterocycles. The Morgan fingerprint density at radius 2 is 2.04 bits per heavy atom. The summed E-state index contributed by atoms with van der Waals surface area (Å²) in [5.74, 6) is 1.01. The maximum absolute atomic E-state index is 12.3. The summed E-state index contributed by atoms with van der Waals surface area (Å²) in [6.07, 6.45) is 4.79. The zero-order valence-corrected chi connectivity index (χ0v) is 14.0. The van der Waals surface area contributed by atoms with Crippen LogP contribution in [0.5, 0.6) is 11.5 Å². The predicted octanol–water partition coefficient (Wildman–Crippen LogP) is 3.43. The quantitative estimate of drug-likeness (QED) is 0.907. The molecule has 2 aromatic rings. The van der Waals surface area contributed by atoms with Gasteiger partial charge in [-0.25, -0.2) is 0 Å². The number of hydrogen-bond donors (Lipinski definition) is 1. The Hall–Kier alpha value is -2.15. The molecule has 6 nitrogen and oxygen atoms in total. The van der Waals surface area contributed by atoms with Crippen LogP contribution in [0.1, 0.15) is 41.0 Å². The van der Waals surface area contributed by atoms with Gasteiger partial charge < -0.3 is 9.47 Å². The lowest BCUT2D eigenvalue weighted by molar-refractivity contribution is 0.102. The first-order valence-corrected chi connectivity index (χ1v) is 8.43. The average Bonchev–Trinajstić information content (AvgIpc) is 3.19. The summed E-state index contributed by atoms with van der Waals surface area (Å²) in [6, 6.07) is 5.21. The largest absolute Gasteiger partial charge is 0.493 e. The van der Waals surface area contributed by atoms with Crippen molar-refractivity contribution in [2.45, 2.75) is 38.7 Å². The van der Waals surface area contributed by atoms with Crippen LogP contribution >= 0.6 is 11.3 Å². The van der Waals surface area contributed by atoms with E-state index in [0.29, 0.717) is 22.2 Å². The summed E-state index contributed by atoms with van der Waals surface area (Å²) in [6.45, 7) is 1.84. The van der Waals surface area contributed by atoms with Gasteiger partial charge in [0.05, 0.1) is 13.2 Å². The Bertz CT molecular complexity index is 696. The minimum absolute atomic E-state index is 0.243. The van der Waals surface area contributed by atoms with Crippen LogP contribution in [0.25, 0.3) is 0 Å². The molecule has 0 unspecified atom stereocenters. The van der Waals surface area contributed by atoms with E-state index in [0.717, 1.165) is 17.8 Å². The van der Waals surface area contributed by atoms with Gasteiger partial charge in [-0.1, -0.05) is 11.3 Å². The van der Waals surface area contributed by atoms with Gasteiger partial charge in [0.2, 0.25) is 5.13 Å². The van der Waals surface area contributed by atoms with Gasteiger partial charge in [0.15, 0.2) is 11.5 Å². The van der Waals surface area contributed by atoms with Gasteiger partial charge in [0, 0.05) is 5.56 Å². The molecule has 1 aromatic carbocycles. The molecule has 1 amide bonds. The number of anilines is 1. The van der Waals surface area contributed by atoms with Gasteiger partial charge in [0.25, 0.3) is 5.91 Å². The van der Waals surface area contributed by atoms with Crippen molar-refractivity contribution >= 4 is 22.4 Å². The summed E-state index contributed by atoms with van der Waals surface area (Å²) in [7, 11) is 1.58. The van der Waals surface area contributed by atoms with Gasteiger partial charge in [-0.15, -0.1) is 10.2 Å². The van der Waals surface area contributed by atoms with Crippen molar-refractivity contribution in [3.63, 3.8) is 0 Å². The molecule has 0 saturated heterocycles. The highest BCUT2D eigenvalue weighted by Crippen LogP contribution is 2.32. The number of benzene rings is 1. The van der Waals surface area contributed by atoms with Crippen LogP contribution in [0.3, 0.4) is 0 Å². The molecule has 0 radical (unpaired) electrons. The molecule has 1 heterocycles. The molecule has 1 N–H and O–H groups in total. The lowest BCUT2D eigenvalue weighted by Gasteiger charge is -2.16. The van der Waals surface area contributed by atoms with Crippen LogP contribution in [0.15, 0.2) is 18.2 Å². The molecule has 0 atom stereocenters. The molecule has 1 aliphatic rings. The van der Waals surface area contributed by atoms with Crippen LogP contribution in [0, 0.1) is 6.92 Å². The first-order chi connectivity index (χ1) is 11.2. The average molecular weight is 333 g/mol. The Morgan fingerprint density at radius 3 is 2.70 bits per heavy atom. The fourth-order valence-electron chi connectivity index (χ4n) is 2.61. The number of hydrogen-bond acceptors (Lipinski definition) is 6. The molecule has 23 heavy (non-hydrogen) atoms. The van der Waals surface area contributed by atoms with Crippen molar-refractivity contribution in [2.75, 3.05) is 12.4 Å². The second-order valence-corrected chi connectivity index (χ2v) is 6.65. The number of methoxy groups -OCH3 is 1. The molecule has 1 fully saturated rings. The number of nitrogens with zero attached hydrogens (tertiary/aromatic N) is 2. The summed E-state index contributed by atoms with van der Waals surface area (Å²) in [5, 5.41) is 11.8. The fourth-order valence-corrected chi connectivity index (χ4v) is 3.20. The number of carbonyl (C=O) groups excluding carboxylic acids is 1. The summed E-state index contributed by atoms with van der Waals surface area (Å²) in [4.78, 5) is 12.3. The van der Waals surface area contributed by atoms with E-state index in [-0.39, 0.29) is 12.0 Å². The van der Waals surface area contributed by atoms with Gasteiger partial charge in [-0.05, 0) is 50.8 Å². The number of carbonyl (C=O) groups is 1. The van der Waals surface area contributed by atoms with Crippen LogP contribution in [0.2, 0.25) is 0 Å². The van der Waals surface area contributed by atoms with Gasteiger partial charge in [0.1, 0.15) is 5.01 Å². The van der Waals surface area contributed by atoms with E-state index in [2.05, 4.69) is 15.5 Å². The number of aryl methyl sites for hydroxylation is 1. The first-order valence-electron chi connectivity index (χ1n) is 7.62. The Balaban J connectivity index is 1.73. The Labute approximate surface area is 138 Å². The van der Waals surface area contributed by atoms with E-state index < -0.39 is 0 Å². The molecular weight excluding hydrogens is 314 g/mol. The molecule has 0 bridgehead atoms. The van der Waals surface area contributed by atoms with Gasteiger partial charge in [-0.3, -0.25) is 10.1 Å². The summed E-state index contributed by atoms with van der Waals surface area (Å²) >= 11 is 1.34. The number of nitrogens with one attached hydrogen (secondary N) is 1.